The Kier molecular flexibility index (Phi) is 5.63. The molecule has 0 aromatic carbocycles. The summed E-state index contributed by atoms with van der Waals surface area (Å²) in [5.41, 5.74) is 1.07. The molecule has 0 rings (SSSR count). The van der Waals surface area contributed by atoms with Crippen molar-refractivity contribution in [1.82, 2.24) is 5.32 Å². The Labute approximate surface area is 70.2 Å². The lowest BCUT2D eigenvalue weighted by molar-refractivity contribution is 0.693. The summed E-state index contributed by atoms with van der Waals surface area (Å²) in [4.78, 5) is 0. The van der Waals surface area contributed by atoms with Crippen LogP contribution in [0.25, 0.3) is 0 Å². The molecule has 0 radical (unpaired) electrons. The van der Waals surface area contributed by atoms with Gasteiger partial charge in [-0.05, 0) is 18.5 Å². The fourth-order valence-corrected chi connectivity index (χ4v) is 0.568. The first-order valence-corrected chi connectivity index (χ1v) is 4.31. The van der Waals surface area contributed by atoms with Gasteiger partial charge in [-0.15, -0.1) is 0 Å². The lowest BCUT2D eigenvalue weighted by atomic mass is 10.1. The third-order valence-corrected chi connectivity index (χ3v) is 1.78. The Hall–Kier alpha value is -0.720. The Morgan fingerprint density at radius 3 is 2.64 bits per heavy atom. The minimum absolute atomic E-state index is 0.659. The van der Waals surface area contributed by atoms with E-state index >= 15 is 0 Å². The maximum absolute atomic E-state index is 3.83. The van der Waals surface area contributed by atoms with Crippen molar-refractivity contribution in [3.8, 4) is 0 Å². The van der Waals surface area contributed by atoms with Crippen molar-refractivity contribution in [3.63, 3.8) is 0 Å². The van der Waals surface area contributed by atoms with Crippen LogP contribution in [-0.4, -0.2) is 0 Å². The van der Waals surface area contributed by atoms with Crippen LogP contribution in [0.15, 0.2) is 24.6 Å². The van der Waals surface area contributed by atoms with E-state index in [9.17, 15) is 0 Å². The van der Waals surface area contributed by atoms with E-state index in [1.165, 1.54) is 6.42 Å². The molecule has 64 valence electrons. The van der Waals surface area contributed by atoms with Gasteiger partial charge in [0.1, 0.15) is 0 Å². The molecule has 0 bridgehead atoms. The third-order valence-electron chi connectivity index (χ3n) is 1.78. The molecule has 0 amide bonds. The van der Waals surface area contributed by atoms with Gasteiger partial charge in [0.2, 0.25) is 0 Å². The van der Waals surface area contributed by atoms with Gasteiger partial charge in [-0.25, -0.2) is 0 Å². The first-order valence-electron chi connectivity index (χ1n) is 4.31. The van der Waals surface area contributed by atoms with E-state index < -0.39 is 0 Å². The predicted octanol–water partition coefficient (Wildman–Crippen LogP) is 3.06. The van der Waals surface area contributed by atoms with E-state index in [-0.39, 0.29) is 0 Å². The highest BCUT2D eigenvalue weighted by Gasteiger charge is 1.89. The standard InChI is InChI=1S/C10H19N/c1-5-9(3)7-8-11-10(4)6-2/h7-9,11H,4-6H2,1-3H3/b8-7-. The van der Waals surface area contributed by atoms with Gasteiger partial charge in [0.25, 0.3) is 0 Å². The van der Waals surface area contributed by atoms with Crippen LogP contribution in [0.5, 0.6) is 0 Å². The molecule has 0 aliphatic heterocycles. The van der Waals surface area contributed by atoms with Crippen molar-refractivity contribution in [2.24, 2.45) is 5.92 Å². The van der Waals surface area contributed by atoms with Crippen LogP contribution in [0.4, 0.5) is 0 Å². The molecule has 0 aliphatic carbocycles. The first kappa shape index (κ1) is 10.3. The quantitative estimate of drug-likeness (QED) is 0.640. The summed E-state index contributed by atoms with van der Waals surface area (Å²) in [5, 5.41) is 3.12. The molecular weight excluding hydrogens is 134 g/mol. The minimum Gasteiger partial charge on any atom is -0.366 e. The molecule has 1 heteroatoms. The smallest absolute Gasteiger partial charge is 0.00705 e. The molecule has 1 nitrogen and oxygen atoms in total. The first-order chi connectivity index (χ1) is 5.20. The number of rotatable bonds is 5. The summed E-state index contributed by atoms with van der Waals surface area (Å²) >= 11 is 0. The lowest BCUT2D eigenvalue weighted by Crippen LogP contribution is -2.02. The molecule has 0 spiro atoms. The SMILES string of the molecule is C=C(CC)N/C=C\C(C)CC. The molecule has 1 N–H and O–H groups in total. The number of hydrogen-bond donors (Lipinski definition) is 1. The second kappa shape index (κ2) is 6.02. The van der Waals surface area contributed by atoms with Crippen LogP contribution in [0.1, 0.15) is 33.6 Å². The molecule has 0 saturated carbocycles. The molecule has 1 atom stereocenters. The van der Waals surface area contributed by atoms with E-state index in [0.29, 0.717) is 5.92 Å². The van der Waals surface area contributed by atoms with Crippen LogP contribution >= 0.6 is 0 Å². The normalized spacial score (nSPS) is 13.4. The van der Waals surface area contributed by atoms with Crippen LogP contribution in [0.3, 0.4) is 0 Å². The topological polar surface area (TPSA) is 12.0 Å². The number of allylic oxidation sites excluding steroid dienone is 2. The van der Waals surface area contributed by atoms with Crippen molar-refractivity contribution in [2.45, 2.75) is 33.6 Å². The van der Waals surface area contributed by atoms with Crippen molar-refractivity contribution in [2.75, 3.05) is 0 Å². The maximum atomic E-state index is 3.83. The monoisotopic (exact) mass is 153 g/mol. The van der Waals surface area contributed by atoms with Crippen molar-refractivity contribution < 1.29 is 0 Å². The van der Waals surface area contributed by atoms with Crippen LogP contribution in [0, 0.1) is 5.92 Å². The van der Waals surface area contributed by atoms with E-state index in [1.54, 1.807) is 0 Å². The Morgan fingerprint density at radius 1 is 1.55 bits per heavy atom. The average molecular weight is 153 g/mol. The molecule has 0 aliphatic rings. The van der Waals surface area contributed by atoms with Gasteiger partial charge >= 0.3 is 0 Å². The van der Waals surface area contributed by atoms with E-state index in [4.69, 9.17) is 0 Å². The molecule has 0 saturated heterocycles. The molecule has 1 unspecified atom stereocenters. The van der Waals surface area contributed by atoms with Gasteiger partial charge < -0.3 is 5.32 Å². The average Bonchev–Trinajstić information content (AvgIpc) is 2.04. The fourth-order valence-electron chi connectivity index (χ4n) is 0.568. The highest BCUT2D eigenvalue weighted by molar-refractivity contribution is 4.97. The summed E-state index contributed by atoms with van der Waals surface area (Å²) < 4.78 is 0. The van der Waals surface area contributed by atoms with Crippen LogP contribution in [-0.2, 0) is 0 Å². The molecule has 0 heterocycles. The van der Waals surface area contributed by atoms with Crippen molar-refractivity contribution >= 4 is 0 Å². The van der Waals surface area contributed by atoms with Crippen molar-refractivity contribution in [1.29, 1.82) is 0 Å². The van der Waals surface area contributed by atoms with Gasteiger partial charge in [-0.1, -0.05) is 39.8 Å². The molecule has 11 heavy (non-hydrogen) atoms. The summed E-state index contributed by atoms with van der Waals surface area (Å²) in [6.45, 7) is 10.3. The van der Waals surface area contributed by atoms with Crippen molar-refractivity contribution in [3.05, 3.63) is 24.6 Å². The molecular formula is C10H19N. The Bertz CT molecular complexity index is 136. The summed E-state index contributed by atoms with van der Waals surface area (Å²) in [5.74, 6) is 0.659. The second-order valence-corrected chi connectivity index (χ2v) is 2.85. The lowest BCUT2D eigenvalue weighted by Gasteiger charge is -2.02. The Morgan fingerprint density at radius 2 is 2.18 bits per heavy atom. The second-order valence-electron chi connectivity index (χ2n) is 2.85. The van der Waals surface area contributed by atoms with Crippen LogP contribution < -0.4 is 5.32 Å². The zero-order valence-corrected chi connectivity index (χ0v) is 7.85. The predicted molar refractivity (Wildman–Crippen MR) is 51.2 cm³/mol. The number of nitrogens with one attached hydrogen (secondary N) is 1. The van der Waals surface area contributed by atoms with E-state index in [1.807, 2.05) is 6.20 Å². The van der Waals surface area contributed by atoms with Gasteiger partial charge in [-0.3, -0.25) is 0 Å². The summed E-state index contributed by atoms with van der Waals surface area (Å²) in [6, 6.07) is 0. The van der Waals surface area contributed by atoms with Crippen LogP contribution in [0.2, 0.25) is 0 Å². The van der Waals surface area contributed by atoms with Gasteiger partial charge in [0.05, 0.1) is 0 Å². The minimum atomic E-state index is 0.659. The molecule has 0 fully saturated rings. The zero-order chi connectivity index (χ0) is 8.69. The third kappa shape index (κ3) is 5.71. The highest BCUT2D eigenvalue weighted by Crippen LogP contribution is 2.01. The van der Waals surface area contributed by atoms with E-state index in [0.717, 1.165) is 12.1 Å². The zero-order valence-electron chi connectivity index (χ0n) is 7.85. The molecule has 0 aromatic rings. The Balaban J connectivity index is 3.51. The number of hydrogen-bond acceptors (Lipinski definition) is 1. The van der Waals surface area contributed by atoms with Gasteiger partial charge in [-0.2, -0.15) is 0 Å². The summed E-state index contributed by atoms with van der Waals surface area (Å²) in [7, 11) is 0. The van der Waals surface area contributed by atoms with Gasteiger partial charge in [0.15, 0.2) is 0 Å². The van der Waals surface area contributed by atoms with E-state index in [2.05, 4.69) is 38.7 Å². The fraction of sp³-hybridized carbons (Fsp3) is 0.600. The maximum Gasteiger partial charge on any atom is 0.00705 e. The van der Waals surface area contributed by atoms with Gasteiger partial charge in [0, 0.05) is 5.70 Å². The summed E-state index contributed by atoms with van der Waals surface area (Å²) in [6.07, 6.45) is 6.34. The highest BCUT2D eigenvalue weighted by atomic mass is 14.8. The largest absolute Gasteiger partial charge is 0.366 e. The molecule has 0 aromatic heterocycles.